The highest BCUT2D eigenvalue weighted by Crippen LogP contribution is 2.76. The number of carboxylic acids is 1. The third-order valence-corrected chi connectivity index (χ3v) is 17.3. The van der Waals surface area contributed by atoms with Crippen molar-refractivity contribution in [2.45, 2.75) is 181 Å². The molecule has 7 rings (SSSR count). The summed E-state index contributed by atoms with van der Waals surface area (Å²) in [7, 11) is 0. The van der Waals surface area contributed by atoms with Gasteiger partial charge in [0.05, 0.1) is 24.7 Å². The number of aliphatic carboxylic acids is 1. The maximum absolute atomic E-state index is 13.1. The van der Waals surface area contributed by atoms with E-state index in [0.29, 0.717) is 12.3 Å². The minimum absolute atomic E-state index is 0.00142. The quantitative estimate of drug-likeness (QED) is 0.146. The summed E-state index contributed by atoms with van der Waals surface area (Å²) in [5.74, 6) is -0.304. The Bertz CT molecular complexity index is 1550. The molecule has 6 fully saturated rings. The van der Waals surface area contributed by atoms with Crippen LogP contribution in [0.4, 0.5) is 0 Å². The van der Waals surface area contributed by atoms with Crippen LogP contribution in [0.25, 0.3) is 0 Å². The molecule has 0 aromatic heterocycles. The fraction of sp³-hybridized carbons (Fsp3) is 0.907. The second-order valence-electron chi connectivity index (χ2n) is 21.0. The standard InChI is InChI=1S/C43H69NO12/c1-22(45)44-30-33(49)32(48)26(21-54-36-34(50)31(47)25(46)20-53-36)55-35(30)56-29-12-13-40(6)27(39(29,4)5)11-14-42(8)28(40)10-9-23-24-19-38(2,3)15-17-43(24,37(51)52)18-16-41(23,42)7/h9,24-36,46-50H,10-21H2,1-8H3,(H,44,45)(H,51,52)/t24-,25+,26-,27+,28-,29+,30-,31+,32-,33-,34-,35+,36+,40+,41-,42-,43+/m1/s1. The van der Waals surface area contributed by atoms with Crippen molar-refractivity contribution in [2.75, 3.05) is 13.2 Å². The Hall–Kier alpha value is -1.68. The van der Waals surface area contributed by atoms with E-state index in [9.17, 15) is 40.2 Å². The molecule has 1 amide bonds. The van der Waals surface area contributed by atoms with Gasteiger partial charge in [-0.2, -0.15) is 0 Å². The summed E-state index contributed by atoms with van der Waals surface area (Å²) < 4.78 is 24.2. The predicted octanol–water partition coefficient (Wildman–Crippen LogP) is 3.66. The van der Waals surface area contributed by atoms with Crippen molar-refractivity contribution >= 4 is 11.9 Å². The molecule has 2 heterocycles. The Labute approximate surface area is 331 Å². The largest absolute Gasteiger partial charge is 0.481 e. The van der Waals surface area contributed by atoms with Crippen molar-refractivity contribution in [1.29, 1.82) is 0 Å². The molecular formula is C43H69NO12. The molecule has 5 aliphatic carbocycles. The van der Waals surface area contributed by atoms with Gasteiger partial charge in [0.2, 0.25) is 5.91 Å². The molecule has 0 aromatic carbocycles. The van der Waals surface area contributed by atoms with E-state index in [0.717, 1.165) is 57.8 Å². The molecule has 13 heteroatoms. The molecule has 7 aliphatic rings. The van der Waals surface area contributed by atoms with E-state index < -0.39 is 72.5 Å². The molecule has 0 bridgehead atoms. The number of allylic oxidation sites excluding steroid dienone is 2. The van der Waals surface area contributed by atoms with Crippen LogP contribution in [0.2, 0.25) is 0 Å². The van der Waals surface area contributed by atoms with Gasteiger partial charge in [-0.1, -0.05) is 60.1 Å². The van der Waals surface area contributed by atoms with Gasteiger partial charge in [0.1, 0.15) is 42.7 Å². The summed E-state index contributed by atoms with van der Waals surface area (Å²) >= 11 is 0. The number of hydrogen-bond acceptors (Lipinski definition) is 11. The zero-order valence-corrected chi connectivity index (χ0v) is 34.7. The first-order valence-electron chi connectivity index (χ1n) is 21.2. The molecule has 4 saturated carbocycles. The summed E-state index contributed by atoms with van der Waals surface area (Å²) in [5, 5.41) is 66.2. The molecule has 0 aromatic rings. The maximum Gasteiger partial charge on any atom is 0.310 e. The van der Waals surface area contributed by atoms with Gasteiger partial charge >= 0.3 is 5.97 Å². The van der Waals surface area contributed by atoms with Gasteiger partial charge in [0, 0.05) is 6.92 Å². The summed E-state index contributed by atoms with van der Waals surface area (Å²) in [6.45, 7) is 17.3. The highest BCUT2D eigenvalue weighted by atomic mass is 16.7. The van der Waals surface area contributed by atoms with E-state index in [1.54, 1.807) is 0 Å². The zero-order chi connectivity index (χ0) is 41.0. The van der Waals surface area contributed by atoms with Crippen LogP contribution in [0.3, 0.4) is 0 Å². The van der Waals surface area contributed by atoms with E-state index in [2.05, 4.69) is 59.9 Å². The molecule has 56 heavy (non-hydrogen) atoms. The first-order valence-corrected chi connectivity index (χ1v) is 21.2. The lowest BCUT2D eigenvalue weighted by Crippen LogP contribution is -2.67. The molecule has 17 atom stereocenters. The van der Waals surface area contributed by atoms with Gasteiger partial charge in [0.15, 0.2) is 12.6 Å². The second kappa shape index (κ2) is 14.5. The lowest BCUT2D eigenvalue weighted by atomic mass is 9.33. The first kappa shape index (κ1) is 42.4. The van der Waals surface area contributed by atoms with Crippen LogP contribution in [0.1, 0.15) is 120 Å². The monoisotopic (exact) mass is 791 g/mol. The molecule has 0 radical (unpaired) electrons. The Morgan fingerprint density at radius 1 is 0.839 bits per heavy atom. The highest BCUT2D eigenvalue weighted by Gasteiger charge is 2.69. The molecule has 2 saturated heterocycles. The van der Waals surface area contributed by atoms with Crippen molar-refractivity contribution in [3.05, 3.63) is 11.6 Å². The van der Waals surface area contributed by atoms with Crippen molar-refractivity contribution in [2.24, 2.45) is 50.2 Å². The van der Waals surface area contributed by atoms with Gasteiger partial charge in [-0.3, -0.25) is 9.59 Å². The third kappa shape index (κ3) is 6.53. The Morgan fingerprint density at radius 2 is 1.54 bits per heavy atom. The van der Waals surface area contributed by atoms with Gasteiger partial charge in [0.25, 0.3) is 0 Å². The summed E-state index contributed by atoms with van der Waals surface area (Å²) in [4.78, 5) is 25.4. The van der Waals surface area contributed by atoms with Crippen molar-refractivity contribution < 1.29 is 59.2 Å². The minimum Gasteiger partial charge on any atom is -0.481 e. The average Bonchev–Trinajstić information content (AvgIpc) is 3.11. The van der Waals surface area contributed by atoms with Crippen LogP contribution in [-0.2, 0) is 28.5 Å². The predicted molar refractivity (Wildman–Crippen MR) is 204 cm³/mol. The summed E-state index contributed by atoms with van der Waals surface area (Å²) in [5.41, 5.74) is 0.380. The number of carbonyl (C=O) groups excluding carboxylic acids is 1. The lowest BCUT2D eigenvalue weighted by molar-refractivity contribution is -0.322. The fourth-order valence-corrected chi connectivity index (χ4v) is 13.7. The SMILES string of the molecule is CC(=O)N[C@H]1[C@H](O[C@H]2CC[C@]3(C)[C@H]4CC=C5[C@H]6CC(C)(C)CC[C@]6(C(=O)O)CC[C@@]5(C)[C@]4(C)CC[C@H]3C2(C)C)O[C@H](CO[C@@H]2OC[C@H](O)[C@H](O)[C@H]2O)[C@@H](O)[C@@H]1O. The lowest BCUT2D eigenvalue weighted by Gasteiger charge is -2.71. The molecule has 13 nitrogen and oxygen atoms in total. The molecule has 0 spiro atoms. The summed E-state index contributed by atoms with van der Waals surface area (Å²) in [6.07, 6.45) is 0.178. The number of ether oxygens (including phenoxy) is 4. The van der Waals surface area contributed by atoms with Crippen molar-refractivity contribution in [3.63, 3.8) is 0 Å². The number of nitrogens with one attached hydrogen (secondary N) is 1. The van der Waals surface area contributed by atoms with Gasteiger partial charge in [-0.15, -0.1) is 0 Å². The number of fused-ring (bicyclic) bond motifs is 7. The number of carboxylic acid groups (broad SMARTS) is 1. The number of amides is 1. The van der Waals surface area contributed by atoms with Crippen molar-refractivity contribution in [3.8, 4) is 0 Å². The Balaban J connectivity index is 1.11. The van der Waals surface area contributed by atoms with Crippen LogP contribution in [-0.4, -0.2) is 117 Å². The van der Waals surface area contributed by atoms with E-state index >= 15 is 0 Å². The topological polar surface area (TPSA) is 204 Å². The number of aliphatic hydroxyl groups is 5. The molecule has 318 valence electrons. The second-order valence-corrected chi connectivity index (χ2v) is 21.0. The van der Waals surface area contributed by atoms with E-state index in [4.69, 9.17) is 18.9 Å². The number of hydrogen-bond donors (Lipinski definition) is 7. The minimum atomic E-state index is -1.54. The van der Waals surface area contributed by atoms with E-state index in [1.807, 2.05) is 0 Å². The molecule has 2 aliphatic heterocycles. The molecular weight excluding hydrogens is 722 g/mol. The van der Waals surface area contributed by atoms with E-state index in [-0.39, 0.29) is 58.2 Å². The fourth-order valence-electron chi connectivity index (χ4n) is 13.7. The van der Waals surface area contributed by atoms with Gasteiger partial charge in [-0.05, 0) is 109 Å². The highest BCUT2D eigenvalue weighted by molar-refractivity contribution is 5.76. The summed E-state index contributed by atoms with van der Waals surface area (Å²) in [6, 6.07) is -1.07. The smallest absolute Gasteiger partial charge is 0.310 e. The number of carbonyl (C=O) groups is 2. The van der Waals surface area contributed by atoms with E-state index in [1.165, 1.54) is 12.5 Å². The number of rotatable bonds is 7. The first-order chi connectivity index (χ1) is 26.0. The molecule has 7 N–H and O–H groups in total. The Kier molecular flexibility index (Phi) is 11.0. The third-order valence-electron chi connectivity index (χ3n) is 17.3. The van der Waals surface area contributed by atoms with Gasteiger partial charge < -0.3 is 54.9 Å². The van der Waals surface area contributed by atoms with Crippen LogP contribution < -0.4 is 5.32 Å². The van der Waals surface area contributed by atoms with Crippen LogP contribution in [0.5, 0.6) is 0 Å². The van der Waals surface area contributed by atoms with Crippen LogP contribution in [0, 0.1) is 50.2 Å². The van der Waals surface area contributed by atoms with Crippen molar-refractivity contribution in [1.82, 2.24) is 5.32 Å². The Morgan fingerprint density at radius 3 is 2.21 bits per heavy atom. The van der Waals surface area contributed by atoms with Crippen LogP contribution >= 0.6 is 0 Å². The normalized spacial score (nSPS) is 50.9. The zero-order valence-electron chi connectivity index (χ0n) is 34.7. The van der Waals surface area contributed by atoms with Gasteiger partial charge in [-0.25, -0.2) is 0 Å². The average molecular weight is 792 g/mol. The maximum atomic E-state index is 13.1. The molecule has 0 unspecified atom stereocenters. The number of aliphatic hydroxyl groups excluding tert-OH is 5. The van der Waals surface area contributed by atoms with Crippen LogP contribution in [0.15, 0.2) is 11.6 Å².